The molecule has 4 heterocycles. The summed E-state index contributed by atoms with van der Waals surface area (Å²) in [4.78, 5) is 24.5. The molecule has 0 bridgehead atoms. The van der Waals surface area contributed by atoms with E-state index in [0.717, 1.165) is 32.1 Å². The molecule has 216 valence electrons. The van der Waals surface area contributed by atoms with Crippen LogP contribution < -0.4 is 20.1 Å². The molecule has 0 spiro atoms. The largest absolute Gasteiger partial charge is 0.481 e. The normalized spacial score (nSPS) is 20.1. The van der Waals surface area contributed by atoms with Crippen LogP contribution in [0.25, 0.3) is 11.0 Å². The van der Waals surface area contributed by atoms with Crippen molar-refractivity contribution >= 4 is 22.8 Å². The molecule has 0 aromatic carbocycles. The average molecular weight is 558 g/mol. The molecule has 5 rings (SSSR count). The van der Waals surface area contributed by atoms with Crippen LogP contribution in [0.15, 0.2) is 24.4 Å². The van der Waals surface area contributed by atoms with E-state index in [4.69, 9.17) is 14.2 Å². The Kier molecular flexibility index (Phi) is 9.80. The van der Waals surface area contributed by atoms with E-state index in [1.165, 1.54) is 19.4 Å². The summed E-state index contributed by atoms with van der Waals surface area (Å²) in [7, 11) is 3.18. The van der Waals surface area contributed by atoms with Gasteiger partial charge < -0.3 is 24.8 Å². The summed E-state index contributed by atoms with van der Waals surface area (Å²) in [5, 5.41) is 6.10. The van der Waals surface area contributed by atoms with Crippen LogP contribution in [-0.4, -0.2) is 53.8 Å². The number of hydrogen-bond acceptors (Lipinski definition) is 8. The molecule has 1 fully saturated rings. The second-order valence-electron chi connectivity index (χ2n) is 9.96. The van der Waals surface area contributed by atoms with Crippen molar-refractivity contribution in [1.29, 1.82) is 0 Å². The van der Waals surface area contributed by atoms with Gasteiger partial charge in [-0.15, -0.1) is 0 Å². The third-order valence-corrected chi connectivity index (χ3v) is 7.50. The van der Waals surface area contributed by atoms with Crippen LogP contribution in [0.3, 0.4) is 0 Å². The molecule has 1 saturated carbocycles. The summed E-state index contributed by atoms with van der Waals surface area (Å²) in [6.45, 7) is 4.50. The first-order valence-electron chi connectivity index (χ1n) is 13.7. The SMILES string of the molecule is CC.COCC1(NCc2nc3c(cc2F)OCC(=O)N3)CCC(CCc2c(F)cnc3ccc(OC)nc23)CC1. The highest BCUT2D eigenvalue weighted by Crippen LogP contribution is 2.36. The third kappa shape index (κ3) is 6.64. The van der Waals surface area contributed by atoms with E-state index in [1.54, 1.807) is 19.2 Å². The van der Waals surface area contributed by atoms with Crippen molar-refractivity contribution in [2.75, 3.05) is 32.8 Å². The Hall–Kier alpha value is -3.44. The van der Waals surface area contributed by atoms with Crippen molar-refractivity contribution in [2.45, 2.75) is 64.5 Å². The van der Waals surface area contributed by atoms with Crippen molar-refractivity contribution < 1.29 is 27.8 Å². The highest BCUT2D eigenvalue weighted by atomic mass is 19.1. The third-order valence-electron chi connectivity index (χ3n) is 7.50. The average Bonchev–Trinajstić information content (AvgIpc) is 2.97. The highest BCUT2D eigenvalue weighted by Gasteiger charge is 2.35. The van der Waals surface area contributed by atoms with Crippen LogP contribution in [0.1, 0.15) is 57.2 Å². The molecule has 1 amide bonds. The lowest BCUT2D eigenvalue weighted by atomic mass is 9.75. The predicted octanol–water partition coefficient (Wildman–Crippen LogP) is 4.97. The molecule has 2 aliphatic rings. The Balaban J connectivity index is 0.00000181. The first kappa shape index (κ1) is 29.5. The van der Waals surface area contributed by atoms with Gasteiger partial charge in [0.05, 0.1) is 36.6 Å². The van der Waals surface area contributed by atoms with Crippen LogP contribution >= 0.6 is 0 Å². The second-order valence-corrected chi connectivity index (χ2v) is 9.96. The van der Waals surface area contributed by atoms with Crippen molar-refractivity contribution in [3.05, 3.63) is 47.3 Å². The van der Waals surface area contributed by atoms with E-state index in [2.05, 4.69) is 25.6 Å². The van der Waals surface area contributed by atoms with E-state index in [-0.39, 0.29) is 47.7 Å². The molecule has 0 radical (unpaired) electrons. The first-order chi connectivity index (χ1) is 19.4. The summed E-state index contributed by atoms with van der Waals surface area (Å²) < 4.78 is 45.4. The number of aryl methyl sites for hydroxylation is 1. The Morgan fingerprint density at radius 2 is 1.93 bits per heavy atom. The van der Waals surface area contributed by atoms with Crippen LogP contribution in [0, 0.1) is 17.6 Å². The molecular weight excluding hydrogens is 520 g/mol. The number of methoxy groups -OCH3 is 2. The molecule has 40 heavy (non-hydrogen) atoms. The number of amides is 1. The molecule has 1 aliphatic heterocycles. The fourth-order valence-electron chi connectivity index (χ4n) is 5.36. The number of fused-ring (bicyclic) bond motifs is 2. The van der Waals surface area contributed by atoms with Crippen LogP contribution in [0.5, 0.6) is 11.6 Å². The van der Waals surface area contributed by atoms with Crippen molar-refractivity contribution in [3.63, 3.8) is 0 Å². The zero-order valence-corrected chi connectivity index (χ0v) is 23.5. The number of hydrogen-bond donors (Lipinski definition) is 2. The van der Waals surface area contributed by atoms with Crippen molar-refractivity contribution in [1.82, 2.24) is 20.3 Å². The monoisotopic (exact) mass is 557 g/mol. The van der Waals surface area contributed by atoms with E-state index in [0.29, 0.717) is 41.4 Å². The number of nitrogens with one attached hydrogen (secondary N) is 2. The number of rotatable bonds is 9. The molecule has 0 atom stereocenters. The van der Waals surface area contributed by atoms with Crippen LogP contribution in [0.2, 0.25) is 0 Å². The standard InChI is InChI=1S/C27H31F2N5O4.C2H6/c1-36-15-27(31-13-21-18(28)11-22-26(32-21)33-23(35)14-38-22)9-7-16(8-10-27)3-4-17-19(29)12-30-20-5-6-24(37-2)34-25(17)20;1-2/h5-6,11-12,16,31H,3-4,7-10,13-15H2,1-2H3,(H,32,33,35);1-2H3. The Morgan fingerprint density at radius 3 is 2.65 bits per heavy atom. The van der Waals surface area contributed by atoms with Crippen molar-refractivity contribution in [3.8, 4) is 11.6 Å². The van der Waals surface area contributed by atoms with Gasteiger partial charge in [0.15, 0.2) is 18.2 Å². The Labute approximate surface area is 233 Å². The molecule has 1 aliphatic carbocycles. The number of ether oxygens (including phenoxy) is 3. The number of carbonyl (C=O) groups is 1. The van der Waals surface area contributed by atoms with Crippen LogP contribution in [0.4, 0.5) is 14.6 Å². The molecule has 3 aromatic rings. The Bertz CT molecular complexity index is 1330. The molecule has 0 unspecified atom stereocenters. The van der Waals surface area contributed by atoms with E-state index < -0.39 is 5.82 Å². The highest BCUT2D eigenvalue weighted by molar-refractivity contribution is 5.94. The second kappa shape index (κ2) is 13.3. The van der Waals surface area contributed by atoms with Gasteiger partial charge in [-0.25, -0.2) is 18.7 Å². The predicted molar refractivity (Wildman–Crippen MR) is 147 cm³/mol. The molecule has 3 aromatic heterocycles. The zero-order valence-electron chi connectivity index (χ0n) is 23.5. The summed E-state index contributed by atoms with van der Waals surface area (Å²) in [5.41, 5.74) is 1.61. The maximum Gasteiger partial charge on any atom is 0.263 e. The van der Waals surface area contributed by atoms with E-state index >= 15 is 0 Å². The van der Waals surface area contributed by atoms with Gasteiger partial charge in [-0.05, 0) is 50.5 Å². The number of carbonyl (C=O) groups excluding carboxylic acids is 1. The minimum Gasteiger partial charge on any atom is -0.481 e. The number of anilines is 1. The molecule has 2 N–H and O–H groups in total. The van der Waals surface area contributed by atoms with Gasteiger partial charge in [-0.2, -0.15) is 0 Å². The first-order valence-corrected chi connectivity index (χ1v) is 13.7. The lowest BCUT2D eigenvalue weighted by Crippen LogP contribution is -2.51. The maximum atomic E-state index is 14.7. The summed E-state index contributed by atoms with van der Waals surface area (Å²) in [6, 6.07) is 4.76. The summed E-state index contributed by atoms with van der Waals surface area (Å²) in [5.74, 6) is 0.118. The van der Waals surface area contributed by atoms with E-state index in [1.807, 2.05) is 13.8 Å². The van der Waals surface area contributed by atoms with Gasteiger partial charge in [-0.1, -0.05) is 13.8 Å². The summed E-state index contributed by atoms with van der Waals surface area (Å²) >= 11 is 0. The smallest absolute Gasteiger partial charge is 0.263 e. The lowest BCUT2D eigenvalue weighted by molar-refractivity contribution is -0.118. The topological polar surface area (TPSA) is 107 Å². The van der Waals surface area contributed by atoms with Gasteiger partial charge in [0.2, 0.25) is 5.88 Å². The fraction of sp³-hybridized carbons (Fsp3) is 0.517. The summed E-state index contributed by atoms with van der Waals surface area (Å²) in [6.07, 6.45) is 6.11. The van der Waals surface area contributed by atoms with Gasteiger partial charge in [0.25, 0.3) is 5.91 Å². The number of aromatic nitrogens is 3. The maximum absolute atomic E-state index is 14.7. The number of halogens is 2. The van der Waals surface area contributed by atoms with Gasteiger partial charge >= 0.3 is 0 Å². The van der Waals surface area contributed by atoms with Crippen LogP contribution in [-0.2, 0) is 22.5 Å². The minimum absolute atomic E-state index is 0.154. The van der Waals surface area contributed by atoms with Crippen molar-refractivity contribution in [2.24, 2.45) is 5.92 Å². The van der Waals surface area contributed by atoms with Gasteiger partial charge in [0, 0.05) is 36.9 Å². The van der Waals surface area contributed by atoms with Gasteiger partial charge in [0.1, 0.15) is 11.6 Å². The molecule has 9 nitrogen and oxygen atoms in total. The van der Waals surface area contributed by atoms with E-state index in [9.17, 15) is 13.6 Å². The Morgan fingerprint density at radius 1 is 1.15 bits per heavy atom. The molecule has 0 saturated heterocycles. The molecular formula is C29H37F2N5O4. The molecule has 11 heteroatoms. The lowest BCUT2D eigenvalue weighted by Gasteiger charge is -2.41. The minimum atomic E-state index is -0.495. The van der Waals surface area contributed by atoms with Gasteiger partial charge in [-0.3, -0.25) is 9.78 Å². The number of nitrogens with zero attached hydrogens (tertiary/aromatic N) is 3. The number of pyridine rings is 3. The zero-order chi connectivity index (χ0) is 28.7. The quantitative estimate of drug-likeness (QED) is 0.380. The fourth-order valence-corrected chi connectivity index (χ4v) is 5.36.